The van der Waals surface area contributed by atoms with Crippen molar-refractivity contribution in [2.45, 2.75) is 18.9 Å². The van der Waals surface area contributed by atoms with Crippen molar-refractivity contribution in [2.75, 3.05) is 0 Å². The molecule has 2 atom stereocenters. The van der Waals surface area contributed by atoms with Gasteiger partial charge in [-0.15, -0.1) is 0 Å². The average Bonchev–Trinajstić information content (AvgIpc) is 2.43. The Bertz CT molecular complexity index is 151. The maximum absolute atomic E-state index is 11.7. The second kappa shape index (κ2) is 2.40. The van der Waals surface area contributed by atoms with Gasteiger partial charge in [-0.05, 0) is 6.42 Å². The Morgan fingerprint density at radius 3 is 2.50 bits per heavy atom. The summed E-state index contributed by atoms with van der Waals surface area (Å²) in [6.07, 6.45) is -3.67. The SMILES string of the molecule is [O]C(=O)N[C@H]1C[C@@H]1C(F)F. The first kappa shape index (κ1) is 7.24. The highest BCUT2D eigenvalue weighted by Gasteiger charge is 2.45. The molecule has 0 bridgehead atoms. The molecular weight excluding hydrogens is 144 g/mol. The number of hydrogen-bond donors (Lipinski definition) is 1. The van der Waals surface area contributed by atoms with Crippen LogP contribution in [0.5, 0.6) is 0 Å². The van der Waals surface area contributed by atoms with Crippen LogP contribution in [-0.2, 0) is 5.11 Å². The van der Waals surface area contributed by atoms with Gasteiger partial charge in [0.2, 0.25) is 6.43 Å². The number of rotatable bonds is 2. The first-order valence-electron chi connectivity index (χ1n) is 2.87. The summed E-state index contributed by atoms with van der Waals surface area (Å²) >= 11 is 0. The molecular formula is C5H6F2NO2. The molecule has 0 aromatic rings. The normalized spacial score (nSPS) is 30.3. The first-order chi connectivity index (χ1) is 4.61. The third-order valence-electron chi connectivity index (χ3n) is 1.47. The number of nitrogens with one attached hydrogen (secondary N) is 1. The maximum atomic E-state index is 11.7. The molecule has 0 saturated heterocycles. The monoisotopic (exact) mass is 150 g/mol. The van der Waals surface area contributed by atoms with Crippen molar-refractivity contribution in [1.82, 2.24) is 5.32 Å². The zero-order valence-corrected chi connectivity index (χ0v) is 5.01. The fourth-order valence-electron chi connectivity index (χ4n) is 0.810. The molecule has 0 aromatic carbocycles. The highest BCUT2D eigenvalue weighted by Crippen LogP contribution is 2.35. The number of hydrogen-bond acceptors (Lipinski definition) is 1. The lowest BCUT2D eigenvalue weighted by Crippen LogP contribution is -2.24. The third kappa shape index (κ3) is 1.55. The van der Waals surface area contributed by atoms with Gasteiger partial charge in [0.1, 0.15) is 0 Å². The van der Waals surface area contributed by atoms with Crippen LogP contribution in [0.1, 0.15) is 6.42 Å². The van der Waals surface area contributed by atoms with Crippen LogP contribution >= 0.6 is 0 Å². The molecule has 1 rings (SSSR count). The van der Waals surface area contributed by atoms with Crippen LogP contribution in [0.2, 0.25) is 0 Å². The molecule has 1 fully saturated rings. The van der Waals surface area contributed by atoms with E-state index in [1.165, 1.54) is 0 Å². The fraction of sp³-hybridized carbons (Fsp3) is 0.800. The molecule has 1 amide bonds. The lowest BCUT2D eigenvalue weighted by Gasteiger charge is -1.95. The van der Waals surface area contributed by atoms with Crippen molar-refractivity contribution >= 4 is 6.09 Å². The zero-order valence-electron chi connectivity index (χ0n) is 5.01. The van der Waals surface area contributed by atoms with Crippen LogP contribution in [-0.4, -0.2) is 18.6 Å². The van der Waals surface area contributed by atoms with E-state index in [9.17, 15) is 18.7 Å². The number of carbonyl (C=O) groups is 1. The molecule has 0 aromatic heterocycles. The smallest absolute Gasteiger partial charge is 0.315 e. The van der Waals surface area contributed by atoms with Crippen LogP contribution in [0.4, 0.5) is 13.6 Å². The molecule has 5 heteroatoms. The first-order valence-corrected chi connectivity index (χ1v) is 2.87. The van der Waals surface area contributed by atoms with E-state index >= 15 is 0 Å². The van der Waals surface area contributed by atoms with E-state index in [1.807, 2.05) is 5.32 Å². The van der Waals surface area contributed by atoms with E-state index in [0.29, 0.717) is 0 Å². The summed E-state index contributed by atoms with van der Waals surface area (Å²) in [4.78, 5) is 9.75. The Labute approximate surface area is 56.0 Å². The summed E-state index contributed by atoms with van der Waals surface area (Å²) in [5.41, 5.74) is 0. The second-order valence-electron chi connectivity index (χ2n) is 2.27. The molecule has 1 radical (unpaired) electrons. The summed E-state index contributed by atoms with van der Waals surface area (Å²) < 4.78 is 23.3. The van der Waals surface area contributed by atoms with Crippen molar-refractivity contribution in [3.8, 4) is 0 Å². The lowest BCUT2D eigenvalue weighted by molar-refractivity contribution is 0.117. The molecule has 1 saturated carbocycles. The second-order valence-corrected chi connectivity index (χ2v) is 2.27. The van der Waals surface area contributed by atoms with E-state index in [2.05, 4.69) is 0 Å². The van der Waals surface area contributed by atoms with Gasteiger partial charge < -0.3 is 5.32 Å². The Morgan fingerprint density at radius 2 is 2.20 bits per heavy atom. The van der Waals surface area contributed by atoms with Gasteiger partial charge in [-0.3, -0.25) is 0 Å². The molecule has 1 N–H and O–H groups in total. The Hall–Kier alpha value is -0.870. The Morgan fingerprint density at radius 1 is 1.60 bits per heavy atom. The number of alkyl halides is 2. The van der Waals surface area contributed by atoms with Gasteiger partial charge in [-0.25, -0.2) is 18.7 Å². The van der Waals surface area contributed by atoms with Crippen LogP contribution in [0.25, 0.3) is 0 Å². The van der Waals surface area contributed by atoms with Crippen LogP contribution in [0.3, 0.4) is 0 Å². The summed E-state index contributed by atoms with van der Waals surface area (Å²) in [5, 5.41) is 11.6. The van der Waals surface area contributed by atoms with Gasteiger partial charge in [0.15, 0.2) is 0 Å². The number of amides is 1. The van der Waals surface area contributed by atoms with E-state index in [1.54, 1.807) is 0 Å². The largest absolute Gasteiger partial charge is 0.450 e. The summed E-state index contributed by atoms with van der Waals surface area (Å²) in [5.74, 6) is -0.794. The lowest BCUT2D eigenvalue weighted by atomic mass is 10.4. The predicted octanol–water partition coefficient (Wildman–Crippen LogP) is 0.780. The van der Waals surface area contributed by atoms with Gasteiger partial charge in [-0.2, -0.15) is 0 Å². The molecule has 0 aliphatic heterocycles. The fourth-order valence-corrected chi connectivity index (χ4v) is 0.810. The van der Waals surface area contributed by atoms with E-state index in [0.717, 1.165) is 0 Å². The topological polar surface area (TPSA) is 49.0 Å². The molecule has 0 heterocycles. The van der Waals surface area contributed by atoms with Crippen molar-refractivity contribution in [3.63, 3.8) is 0 Å². The minimum absolute atomic E-state index is 0.228. The Kier molecular flexibility index (Phi) is 1.74. The molecule has 3 nitrogen and oxygen atoms in total. The molecule has 1 aliphatic rings. The Balaban J connectivity index is 2.19. The molecule has 57 valence electrons. The van der Waals surface area contributed by atoms with Gasteiger partial charge >= 0.3 is 6.09 Å². The number of carbonyl (C=O) groups excluding carboxylic acids is 1. The predicted molar refractivity (Wildman–Crippen MR) is 27.1 cm³/mol. The standard InChI is InChI=1S/C5H6F2NO2/c6-4(7)2-1-3(2)8-5(9)10/h2-4,8H,1H2/t2-,3-/m0/s1. The van der Waals surface area contributed by atoms with E-state index in [4.69, 9.17) is 0 Å². The van der Waals surface area contributed by atoms with Gasteiger partial charge in [0.25, 0.3) is 0 Å². The van der Waals surface area contributed by atoms with E-state index < -0.39 is 24.5 Å². The summed E-state index contributed by atoms with van der Waals surface area (Å²) in [6.45, 7) is 0. The summed E-state index contributed by atoms with van der Waals surface area (Å²) in [7, 11) is 0. The van der Waals surface area contributed by atoms with Gasteiger partial charge in [0, 0.05) is 12.0 Å². The van der Waals surface area contributed by atoms with Crippen molar-refractivity contribution in [1.29, 1.82) is 0 Å². The van der Waals surface area contributed by atoms with E-state index in [-0.39, 0.29) is 6.42 Å². The molecule has 0 spiro atoms. The van der Waals surface area contributed by atoms with Crippen molar-refractivity contribution in [3.05, 3.63) is 0 Å². The molecule has 0 unspecified atom stereocenters. The zero-order chi connectivity index (χ0) is 7.72. The average molecular weight is 150 g/mol. The third-order valence-corrected chi connectivity index (χ3v) is 1.47. The van der Waals surface area contributed by atoms with Crippen LogP contribution in [0.15, 0.2) is 0 Å². The van der Waals surface area contributed by atoms with Gasteiger partial charge in [-0.1, -0.05) is 0 Å². The molecule has 1 aliphatic carbocycles. The number of halogens is 2. The quantitative estimate of drug-likeness (QED) is 0.621. The van der Waals surface area contributed by atoms with Crippen LogP contribution < -0.4 is 5.32 Å². The minimum Gasteiger partial charge on any atom is -0.315 e. The maximum Gasteiger partial charge on any atom is 0.450 e. The van der Waals surface area contributed by atoms with Crippen molar-refractivity contribution < 1.29 is 18.7 Å². The summed E-state index contributed by atoms with van der Waals surface area (Å²) in [6, 6.07) is -0.579. The highest BCUT2D eigenvalue weighted by atomic mass is 19.3. The highest BCUT2D eigenvalue weighted by molar-refractivity contribution is 5.64. The van der Waals surface area contributed by atoms with Crippen LogP contribution in [0, 0.1) is 5.92 Å². The van der Waals surface area contributed by atoms with Crippen molar-refractivity contribution in [2.24, 2.45) is 5.92 Å². The molecule has 10 heavy (non-hydrogen) atoms. The minimum atomic E-state index is -2.42. The van der Waals surface area contributed by atoms with Gasteiger partial charge in [0.05, 0.1) is 0 Å².